The van der Waals surface area contributed by atoms with E-state index in [2.05, 4.69) is 10.4 Å². The van der Waals surface area contributed by atoms with E-state index >= 15 is 0 Å². The van der Waals surface area contributed by atoms with Gasteiger partial charge in [-0.25, -0.2) is 8.42 Å². The van der Waals surface area contributed by atoms with Crippen LogP contribution in [-0.2, 0) is 40.9 Å². The van der Waals surface area contributed by atoms with Gasteiger partial charge < -0.3 is 5.32 Å². The summed E-state index contributed by atoms with van der Waals surface area (Å²) in [5.74, 6) is -0.0187. The zero-order valence-corrected chi connectivity index (χ0v) is 15.7. The number of nitrogens with one attached hydrogen (secondary N) is 1. The number of carbonyl (C=O) groups is 1. The van der Waals surface area contributed by atoms with E-state index in [0.717, 1.165) is 23.4 Å². The van der Waals surface area contributed by atoms with Crippen molar-refractivity contribution in [3.63, 3.8) is 0 Å². The van der Waals surface area contributed by atoms with Gasteiger partial charge >= 0.3 is 0 Å². The largest absolute Gasteiger partial charge is 0.350 e. The van der Waals surface area contributed by atoms with Crippen LogP contribution in [0, 0.1) is 0 Å². The van der Waals surface area contributed by atoms with Crippen LogP contribution in [0.25, 0.3) is 0 Å². The van der Waals surface area contributed by atoms with E-state index < -0.39 is 10.0 Å². The average molecular weight is 376 g/mol. The van der Waals surface area contributed by atoms with Crippen molar-refractivity contribution in [1.82, 2.24) is 19.4 Å². The molecule has 0 saturated heterocycles. The number of sulfonamides is 1. The quantitative estimate of drug-likeness (QED) is 0.824. The van der Waals surface area contributed by atoms with Crippen molar-refractivity contribution in [2.75, 3.05) is 12.8 Å². The lowest BCUT2D eigenvalue weighted by atomic mass is 10.1. The van der Waals surface area contributed by atoms with E-state index in [1.807, 2.05) is 41.1 Å². The standard InChI is InChI=1S/C18H24N4O3S/c1-26(24,25)21-10-5-11-22-17(14-21)12-16(20-22)13-19-18(23)9-8-15-6-3-2-4-7-15/h2-4,6-7,12H,5,8-11,13-14H2,1H3,(H,19,23). The summed E-state index contributed by atoms with van der Waals surface area (Å²) < 4.78 is 26.9. The molecule has 1 aromatic heterocycles. The second kappa shape index (κ2) is 8.01. The Bertz CT molecular complexity index is 862. The van der Waals surface area contributed by atoms with Crippen molar-refractivity contribution in [2.24, 2.45) is 0 Å². The van der Waals surface area contributed by atoms with E-state index in [1.54, 1.807) is 0 Å². The number of rotatable bonds is 6. The van der Waals surface area contributed by atoms with Gasteiger partial charge in [0.25, 0.3) is 0 Å². The number of amides is 1. The first kappa shape index (κ1) is 18.6. The third kappa shape index (κ3) is 4.92. The fourth-order valence-electron chi connectivity index (χ4n) is 3.04. The lowest BCUT2D eigenvalue weighted by molar-refractivity contribution is -0.121. The molecule has 1 aromatic carbocycles. The van der Waals surface area contributed by atoms with Gasteiger partial charge in [-0.05, 0) is 24.5 Å². The van der Waals surface area contributed by atoms with Gasteiger partial charge in [-0.1, -0.05) is 30.3 Å². The summed E-state index contributed by atoms with van der Waals surface area (Å²) in [5, 5.41) is 7.39. The molecule has 0 fully saturated rings. The first-order valence-corrected chi connectivity index (χ1v) is 10.6. The monoisotopic (exact) mass is 376 g/mol. The van der Waals surface area contributed by atoms with Gasteiger partial charge in [0.15, 0.2) is 0 Å². The number of aromatic nitrogens is 2. The number of fused-ring (bicyclic) bond motifs is 1. The molecule has 0 unspecified atom stereocenters. The Balaban J connectivity index is 1.54. The summed E-state index contributed by atoms with van der Waals surface area (Å²) in [7, 11) is -3.22. The van der Waals surface area contributed by atoms with Crippen LogP contribution in [0.1, 0.15) is 29.8 Å². The highest BCUT2D eigenvalue weighted by Gasteiger charge is 2.22. The van der Waals surface area contributed by atoms with Gasteiger partial charge in [0.1, 0.15) is 0 Å². The van der Waals surface area contributed by atoms with E-state index in [1.165, 1.54) is 10.6 Å². The SMILES string of the molecule is CS(=O)(=O)N1CCCn2nc(CNC(=O)CCc3ccccc3)cc2C1. The van der Waals surface area contributed by atoms with Crippen LogP contribution >= 0.6 is 0 Å². The van der Waals surface area contributed by atoms with Gasteiger partial charge in [0, 0.05) is 19.5 Å². The molecule has 0 aliphatic carbocycles. The maximum Gasteiger partial charge on any atom is 0.220 e. The number of benzene rings is 1. The van der Waals surface area contributed by atoms with Gasteiger partial charge in [-0.3, -0.25) is 9.48 Å². The second-order valence-electron chi connectivity index (χ2n) is 6.56. The Kier molecular flexibility index (Phi) is 5.73. The average Bonchev–Trinajstić information content (AvgIpc) is 2.88. The number of hydrogen-bond donors (Lipinski definition) is 1. The highest BCUT2D eigenvalue weighted by atomic mass is 32.2. The van der Waals surface area contributed by atoms with Gasteiger partial charge in [0.2, 0.25) is 15.9 Å². The first-order chi connectivity index (χ1) is 12.4. The normalized spacial score (nSPS) is 15.3. The minimum absolute atomic E-state index is 0.0187. The number of hydrogen-bond acceptors (Lipinski definition) is 4. The molecule has 140 valence electrons. The molecule has 3 rings (SSSR count). The van der Waals surface area contributed by atoms with Crippen molar-refractivity contribution in [2.45, 2.75) is 38.9 Å². The number of nitrogens with zero attached hydrogens (tertiary/aromatic N) is 3. The van der Waals surface area contributed by atoms with Crippen molar-refractivity contribution >= 4 is 15.9 Å². The zero-order chi connectivity index (χ0) is 18.6. The summed E-state index contributed by atoms with van der Waals surface area (Å²) in [4.78, 5) is 12.0. The number of aryl methyl sites for hydroxylation is 2. The van der Waals surface area contributed by atoms with Gasteiger partial charge in [-0.2, -0.15) is 9.40 Å². The summed E-state index contributed by atoms with van der Waals surface area (Å²) in [6.45, 7) is 1.87. The van der Waals surface area contributed by atoms with Crippen molar-refractivity contribution in [3.05, 3.63) is 53.3 Å². The van der Waals surface area contributed by atoms with E-state index in [-0.39, 0.29) is 5.91 Å². The molecule has 0 bridgehead atoms. The van der Waals surface area contributed by atoms with Crippen LogP contribution in [0.4, 0.5) is 0 Å². The Labute approximate surface area is 154 Å². The molecule has 2 aromatic rings. The van der Waals surface area contributed by atoms with E-state index in [0.29, 0.717) is 39.0 Å². The van der Waals surface area contributed by atoms with Crippen LogP contribution in [-0.4, -0.2) is 41.2 Å². The number of carbonyl (C=O) groups excluding carboxylic acids is 1. The molecule has 0 spiro atoms. The highest BCUT2D eigenvalue weighted by Crippen LogP contribution is 2.16. The van der Waals surface area contributed by atoms with Crippen molar-refractivity contribution < 1.29 is 13.2 Å². The summed E-state index contributed by atoms with van der Waals surface area (Å²) >= 11 is 0. The summed E-state index contributed by atoms with van der Waals surface area (Å²) in [6, 6.07) is 11.8. The topological polar surface area (TPSA) is 84.3 Å². The molecule has 2 heterocycles. The second-order valence-corrected chi connectivity index (χ2v) is 8.55. The minimum atomic E-state index is -3.22. The van der Waals surface area contributed by atoms with Gasteiger partial charge in [0.05, 0.1) is 30.7 Å². The lowest BCUT2D eigenvalue weighted by Crippen LogP contribution is -2.29. The Hall–Kier alpha value is -2.19. The Morgan fingerprint density at radius 2 is 2.00 bits per heavy atom. The fourth-order valence-corrected chi connectivity index (χ4v) is 3.87. The maximum atomic E-state index is 12.0. The Morgan fingerprint density at radius 3 is 2.73 bits per heavy atom. The van der Waals surface area contributed by atoms with Crippen LogP contribution in [0.3, 0.4) is 0 Å². The van der Waals surface area contributed by atoms with Crippen LogP contribution in [0.5, 0.6) is 0 Å². The first-order valence-electron chi connectivity index (χ1n) is 8.73. The molecule has 0 atom stereocenters. The molecule has 8 heteroatoms. The summed E-state index contributed by atoms with van der Waals surface area (Å²) in [5.41, 5.74) is 2.75. The molecule has 7 nitrogen and oxygen atoms in total. The molecular formula is C18H24N4O3S. The Morgan fingerprint density at radius 1 is 1.23 bits per heavy atom. The maximum absolute atomic E-state index is 12.0. The predicted molar refractivity (Wildman–Crippen MR) is 98.7 cm³/mol. The van der Waals surface area contributed by atoms with Crippen LogP contribution in [0.2, 0.25) is 0 Å². The molecule has 1 N–H and O–H groups in total. The molecule has 0 radical (unpaired) electrons. The van der Waals surface area contributed by atoms with Crippen molar-refractivity contribution in [3.8, 4) is 0 Å². The highest BCUT2D eigenvalue weighted by molar-refractivity contribution is 7.88. The lowest BCUT2D eigenvalue weighted by Gasteiger charge is -2.16. The third-order valence-electron chi connectivity index (χ3n) is 4.45. The smallest absolute Gasteiger partial charge is 0.220 e. The molecule has 0 saturated carbocycles. The molecule has 1 amide bonds. The fraction of sp³-hybridized carbons (Fsp3) is 0.444. The van der Waals surface area contributed by atoms with Crippen LogP contribution in [0.15, 0.2) is 36.4 Å². The predicted octanol–water partition coefficient (Wildman–Crippen LogP) is 1.30. The van der Waals surface area contributed by atoms with Crippen LogP contribution < -0.4 is 5.32 Å². The van der Waals surface area contributed by atoms with E-state index in [4.69, 9.17) is 0 Å². The van der Waals surface area contributed by atoms with E-state index in [9.17, 15) is 13.2 Å². The molecule has 1 aliphatic rings. The molecular weight excluding hydrogens is 352 g/mol. The molecule has 1 aliphatic heterocycles. The summed E-state index contributed by atoms with van der Waals surface area (Å²) in [6.07, 6.45) is 3.09. The van der Waals surface area contributed by atoms with Gasteiger partial charge in [-0.15, -0.1) is 0 Å². The third-order valence-corrected chi connectivity index (χ3v) is 5.70. The molecule has 26 heavy (non-hydrogen) atoms. The van der Waals surface area contributed by atoms with Crippen molar-refractivity contribution in [1.29, 1.82) is 0 Å². The minimum Gasteiger partial charge on any atom is -0.350 e. The zero-order valence-electron chi connectivity index (χ0n) is 14.9.